The number of carbonyl (C=O) groups is 4. The second kappa shape index (κ2) is 6.56. The summed E-state index contributed by atoms with van der Waals surface area (Å²) in [7, 11) is 1.00. The monoisotopic (exact) mass is 248 g/mol. The van der Waals surface area contributed by atoms with E-state index in [9.17, 15) is 19.2 Å². The molecule has 0 aromatic heterocycles. The minimum absolute atomic E-state index is 0.303. The highest BCUT2D eigenvalue weighted by atomic mass is 32.2. The van der Waals surface area contributed by atoms with Crippen molar-refractivity contribution in [2.75, 3.05) is 13.4 Å². The van der Waals surface area contributed by atoms with Gasteiger partial charge in [0.2, 0.25) is 0 Å². The Kier molecular flexibility index (Phi) is 5.78. The number of hydrogen-bond donors (Lipinski definition) is 2. The van der Waals surface area contributed by atoms with Crippen LogP contribution in [0, 0.1) is 0 Å². The number of rotatable bonds is 0. The highest BCUT2D eigenvalue weighted by Crippen LogP contribution is 1.96. The van der Waals surface area contributed by atoms with Crippen LogP contribution in [0.5, 0.6) is 0 Å². The second-order valence-electron chi connectivity index (χ2n) is 2.18. The summed E-state index contributed by atoms with van der Waals surface area (Å²) < 4.78 is 4.09. The van der Waals surface area contributed by atoms with Crippen LogP contribution in [0.3, 0.4) is 0 Å². The summed E-state index contributed by atoms with van der Waals surface area (Å²) in [6.45, 7) is 0. The molecule has 0 unspecified atom stereocenters. The van der Waals surface area contributed by atoms with Crippen molar-refractivity contribution in [1.29, 1.82) is 0 Å². The van der Waals surface area contributed by atoms with Crippen LogP contribution in [-0.4, -0.2) is 47.4 Å². The van der Waals surface area contributed by atoms with Crippen molar-refractivity contribution < 1.29 is 29.0 Å². The van der Waals surface area contributed by atoms with E-state index in [4.69, 9.17) is 5.11 Å². The fourth-order valence-corrected chi connectivity index (χ4v) is 0.874. The lowest BCUT2D eigenvalue weighted by Gasteiger charge is -2.02. The molecule has 0 aromatic carbocycles. The van der Waals surface area contributed by atoms with Gasteiger partial charge in [-0.15, -0.1) is 0 Å². The van der Waals surface area contributed by atoms with Gasteiger partial charge in [0.05, 0.1) is 7.11 Å². The lowest BCUT2D eigenvalue weighted by molar-refractivity contribution is -0.152. The van der Waals surface area contributed by atoms with E-state index in [2.05, 4.69) is 9.73 Å². The molecular formula is C7H8N2O6S. The zero-order valence-electron chi connectivity index (χ0n) is 8.34. The molecule has 0 fully saturated rings. The Morgan fingerprint density at radius 2 is 1.88 bits per heavy atom. The van der Waals surface area contributed by atoms with Crippen molar-refractivity contribution in [3.05, 3.63) is 0 Å². The summed E-state index contributed by atoms with van der Waals surface area (Å²) in [5, 5.41) is 9.86. The lowest BCUT2D eigenvalue weighted by Crippen LogP contribution is -2.36. The fraction of sp³-hybridized carbons (Fsp3) is 0.286. The molecule has 0 aromatic rings. The number of nitrogens with zero attached hydrogens (tertiary/aromatic N) is 1. The number of esters is 1. The van der Waals surface area contributed by atoms with Gasteiger partial charge in [-0.1, -0.05) is 11.8 Å². The van der Waals surface area contributed by atoms with Crippen molar-refractivity contribution >= 4 is 40.7 Å². The molecule has 0 aliphatic heterocycles. The molecule has 0 saturated heterocycles. The van der Waals surface area contributed by atoms with Gasteiger partial charge < -0.3 is 9.84 Å². The molecule has 0 bridgehead atoms. The van der Waals surface area contributed by atoms with E-state index in [0.29, 0.717) is 0 Å². The zero-order valence-corrected chi connectivity index (χ0v) is 9.16. The van der Waals surface area contributed by atoms with Gasteiger partial charge in [-0.3, -0.25) is 14.9 Å². The van der Waals surface area contributed by atoms with Crippen molar-refractivity contribution in [3.8, 4) is 0 Å². The van der Waals surface area contributed by atoms with E-state index in [0.717, 1.165) is 18.9 Å². The minimum atomic E-state index is -1.76. The van der Waals surface area contributed by atoms with Crippen LogP contribution in [-0.2, 0) is 23.9 Å². The number of amidine groups is 1. The second-order valence-corrected chi connectivity index (χ2v) is 2.97. The molecule has 0 spiro atoms. The Bertz CT molecular complexity index is 364. The highest BCUT2D eigenvalue weighted by Gasteiger charge is 2.17. The molecule has 2 amide bonds. The minimum Gasteiger partial charge on any atom is -0.474 e. The maximum Gasteiger partial charge on any atom is 0.396 e. The molecule has 2 N–H and O–H groups in total. The normalized spacial score (nSPS) is 10.5. The SMILES string of the molecule is COC(=O)C(=O)NC(=NC(=O)C(=O)O)SC. The number of carboxylic acids is 1. The first-order valence-corrected chi connectivity index (χ1v) is 4.94. The first-order chi connectivity index (χ1) is 7.42. The average Bonchev–Trinajstić information content (AvgIpc) is 2.26. The van der Waals surface area contributed by atoms with Crippen molar-refractivity contribution in [3.63, 3.8) is 0 Å². The number of amides is 2. The first-order valence-electron chi connectivity index (χ1n) is 3.71. The number of carboxylic acid groups (broad SMARTS) is 1. The summed E-state index contributed by atoms with van der Waals surface area (Å²) >= 11 is 0.798. The van der Waals surface area contributed by atoms with E-state index in [1.165, 1.54) is 6.26 Å². The molecule has 88 valence electrons. The number of methoxy groups -OCH3 is 1. The first kappa shape index (κ1) is 14.1. The number of ether oxygens (including phenoxy) is 1. The van der Waals surface area contributed by atoms with Crippen LogP contribution >= 0.6 is 11.8 Å². The van der Waals surface area contributed by atoms with Gasteiger partial charge in [0.1, 0.15) is 0 Å². The third-order valence-corrected chi connectivity index (χ3v) is 1.75. The maximum absolute atomic E-state index is 11.0. The lowest BCUT2D eigenvalue weighted by atomic mass is 10.6. The highest BCUT2D eigenvalue weighted by molar-refractivity contribution is 8.13. The van der Waals surface area contributed by atoms with Crippen molar-refractivity contribution in [1.82, 2.24) is 5.32 Å². The van der Waals surface area contributed by atoms with Crippen LogP contribution < -0.4 is 5.32 Å². The Balaban J connectivity index is 4.65. The Labute approximate surface area is 94.1 Å². The van der Waals surface area contributed by atoms with E-state index >= 15 is 0 Å². The Morgan fingerprint density at radius 1 is 1.31 bits per heavy atom. The molecular weight excluding hydrogens is 240 g/mol. The Morgan fingerprint density at radius 3 is 2.25 bits per heavy atom. The summed E-state index contributed by atoms with van der Waals surface area (Å²) in [4.78, 5) is 45.5. The largest absolute Gasteiger partial charge is 0.474 e. The molecule has 0 saturated carbocycles. The molecule has 0 atom stereocenters. The molecule has 0 rings (SSSR count). The molecule has 0 heterocycles. The van der Waals surface area contributed by atoms with Crippen LogP contribution in [0.4, 0.5) is 0 Å². The third kappa shape index (κ3) is 4.55. The topological polar surface area (TPSA) is 122 Å². The molecule has 16 heavy (non-hydrogen) atoms. The standard InChI is InChI=1S/C7H8N2O6S/c1-15-6(14)4(11)9-7(16-2)8-3(10)5(12)13/h1-2H3,(H,12,13)(H,8,9,10,11). The van der Waals surface area contributed by atoms with E-state index in [1.54, 1.807) is 0 Å². The summed E-state index contributed by atoms with van der Waals surface area (Å²) in [5.41, 5.74) is 0. The van der Waals surface area contributed by atoms with Gasteiger partial charge >= 0.3 is 23.8 Å². The van der Waals surface area contributed by atoms with Crippen LogP contribution in [0.1, 0.15) is 0 Å². The van der Waals surface area contributed by atoms with Crippen LogP contribution in [0.15, 0.2) is 4.99 Å². The average molecular weight is 248 g/mol. The van der Waals surface area contributed by atoms with Gasteiger partial charge in [0.15, 0.2) is 5.17 Å². The van der Waals surface area contributed by atoms with Crippen molar-refractivity contribution in [2.24, 2.45) is 4.99 Å². The third-order valence-electron chi connectivity index (χ3n) is 1.17. The number of aliphatic imine (C=N–C) groups is 1. The molecule has 9 heteroatoms. The summed E-state index contributed by atoms with van der Waals surface area (Å²) in [6, 6.07) is 0. The number of nitrogens with one attached hydrogen (secondary N) is 1. The number of thioether (sulfide) groups is 1. The quantitative estimate of drug-likeness (QED) is 0.234. The summed E-state index contributed by atoms with van der Waals surface area (Å²) in [6.07, 6.45) is 1.44. The zero-order chi connectivity index (χ0) is 12.7. The van der Waals surface area contributed by atoms with Gasteiger partial charge in [-0.05, 0) is 6.26 Å². The number of aliphatic carboxylic acids is 1. The Hall–Kier alpha value is -1.90. The molecule has 0 radical (unpaired) electrons. The van der Waals surface area contributed by atoms with E-state index in [-0.39, 0.29) is 5.17 Å². The summed E-state index contributed by atoms with van der Waals surface area (Å²) in [5.74, 6) is -5.54. The van der Waals surface area contributed by atoms with Crippen LogP contribution in [0.2, 0.25) is 0 Å². The maximum atomic E-state index is 11.0. The molecule has 0 aliphatic rings. The van der Waals surface area contributed by atoms with Gasteiger partial charge in [0, 0.05) is 0 Å². The number of hydrogen-bond acceptors (Lipinski definition) is 6. The van der Waals surface area contributed by atoms with Gasteiger partial charge in [-0.25, -0.2) is 9.59 Å². The van der Waals surface area contributed by atoms with Crippen LogP contribution in [0.25, 0.3) is 0 Å². The van der Waals surface area contributed by atoms with Crippen molar-refractivity contribution in [2.45, 2.75) is 0 Å². The predicted molar refractivity (Wildman–Crippen MR) is 53.8 cm³/mol. The van der Waals surface area contributed by atoms with E-state index in [1.807, 2.05) is 5.32 Å². The smallest absolute Gasteiger partial charge is 0.396 e. The predicted octanol–water partition coefficient (Wildman–Crippen LogP) is -1.39. The van der Waals surface area contributed by atoms with E-state index < -0.39 is 23.8 Å². The molecule has 0 aliphatic carbocycles. The number of carbonyl (C=O) groups excluding carboxylic acids is 3. The fourth-order valence-electron chi connectivity index (χ4n) is 0.506. The van der Waals surface area contributed by atoms with Gasteiger partial charge in [-0.2, -0.15) is 4.99 Å². The molecule has 8 nitrogen and oxygen atoms in total. The van der Waals surface area contributed by atoms with Gasteiger partial charge in [0.25, 0.3) is 0 Å².